The summed E-state index contributed by atoms with van der Waals surface area (Å²) in [7, 11) is -1.81. The van der Waals surface area contributed by atoms with Crippen LogP contribution in [0.15, 0.2) is 102 Å². The Morgan fingerprint density at radius 2 is 1.59 bits per heavy atom. The molecule has 0 aliphatic heterocycles. The topological polar surface area (TPSA) is 56.7 Å². The predicted octanol–water partition coefficient (Wildman–Crippen LogP) is 13.3. The minimum atomic E-state index is -2.17. The van der Waals surface area contributed by atoms with Gasteiger partial charge < -0.3 is 14.0 Å². The molecule has 4 aromatic heterocycles. The molecule has 4 heterocycles. The monoisotopic (exact) mass is 966 g/mol. The van der Waals surface area contributed by atoms with Crippen LogP contribution in [-0.4, -0.2) is 27.6 Å². The van der Waals surface area contributed by atoms with Crippen molar-refractivity contribution in [3.8, 4) is 28.3 Å². The van der Waals surface area contributed by atoms with Crippen molar-refractivity contribution in [2.24, 2.45) is 5.41 Å². The zero-order valence-electron chi connectivity index (χ0n) is 40.4. The Morgan fingerprint density at radius 1 is 0.862 bits per heavy atom. The summed E-state index contributed by atoms with van der Waals surface area (Å²) >= 11 is 0. The van der Waals surface area contributed by atoms with Crippen LogP contribution in [0.1, 0.15) is 95.1 Å². The molecule has 0 saturated heterocycles. The molecule has 0 aliphatic rings. The molecule has 0 bridgehead atoms. The molecule has 1 radical (unpaired) electrons. The van der Waals surface area contributed by atoms with E-state index in [1.165, 1.54) is 22.9 Å². The van der Waals surface area contributed by atoms with E-state index >= 15 is 0 Å². The summed E-state index contributed by atoms with van der Waals surface area (Å²) in [5, 5.41) is 3.04. The van der Waals surface area contributed by atoms with Crippen molar-refractivity contribution in [3.63, 3.8) is 0 Å². The summed E-state index contributed by atoms with van der Waals surface area (Å²) in [6.07, 6.45) is 0.269. The third kappa shape index (κ3) is 8.83. The number of hydrogen-bond donors (Lipinski definition) is 0. The van der Waals surface area contributed by atoms with Crippen molar-refractivity contribution in [2.45, 2.75) is 100 Å². The van der Waals surface area contributed by atoms with Crippen LogP contribution in [0.4, 0.5) is 0 Å². The zero-order valence-corrected chi connectivity index (χ0v) is 38.8. The Bertz CT molecular complexity index is 2890. The van der Waals surface area contributed by atoms with Gasteiger partial charge in [0, 0.05) is 49.9 Å². The second-order valence-corrected chi connectivity index (χ2v) is 22.6. The van der Waals surface area contributed by atoms with E-state index in [0.29, 0.717) is 34.4 Å². The number of aromatic nitrogens is 4. The standard InChI is InChI=1S/C31H28N3O.C20H28NSi.Ir/c1-18(2)21-10-8-11-22(19(3)4)28(21)34-27-15-7-6-14-26(27)33-30(34)25-13-9-12-23-24-17-16-20(5)32-31(24)35-29(23)25;1-15-8-10-16(11-9-15)18-12-17(13-20(2,3)4)19(14-21-18)22(5,6)7;/h6-12,14-19H,1-5H3;8-10,12,14H,13H2,1-7H3;/q2*-1;/i;1D3,13D2;. The molecule has 8 aromatic rings. The number of para-hydroxylation sites is 3. The van der Waals surface area contributed by atoms with Crippen molar-refractivity contribution in [1.82, 2.24) is 19.5 Å². The number of fused-ring (bicyclic) bond motifs is 4. The van der Waals surface area contributed by atoms with E-state index < -0.39 is 26.7 Å². The molecule has 58 heavy (non-hydrogen) atoms. The average molecular weight is 966 g/mol. The van der Waals surface area contributed by atoms with E-state index in [2.05, 4.69) is 123 Å². The molecule has 4 aromatic carbocycles. The third-order valence-corrected chi connectivity index (χ3v) is 12.1. The Kier molecular flexibility index (Phi) is 10.6. The molecule has 0 atom stereocenters. The van der Waals surface area contributed by atoms with Crippen LogP contribution < -0.4 is 5.19 Å². The first kappa shape index (κ1) is 36.4. The van der Waals surface area contributed by atoms with Crippen LogP contribution in [0.2, 0.25) is 19.6 Å². The predicted molar refractivity (Wildman–Crippen MR) is 243 cm³/mol. The fourth-order valence-corrected chi connectivity index (χ4v) is 8.76. The number of hydrogen-bond acceptors (Lipinski definition) is 4. The van der Waals surface area contributed by atoms with Gasteiger partial charge in [0.15, 0.2) is 0 Å². The van der Waals surface area contributed by atoms with Crippen molar-refractivity contribution in [1.29, 1.82) is 0 Å². The van der Waals surface area contributed by atoms with E-state index in [1.54, 1.807) is 18.3 Å². The smallest absolute Gasteiger partial charge is 0.216 e. The maximum absolute atomic E-state index is 8.79. The molecule has 301 valence electrons. The van der Waals surface area contributed by atoms with Crippen LogP contribution in [0.5, 0.6) is 0 Å². The summed E-state index contributed by atoms with van der Waals surface area (Å²) in [5.74, 6) is 1.55. The van der Waals surface area contributed by atoms with Gasteiger partial charge in [-0.1, -0.05) is 128 Å². The maximum atomic E-state index is 8.79. The van der Waals surface area contributed by atoms with Crippen LogP contribution >= 0.6 is 0 Å². The maximum Gasteiger partial charge on any atom is 0.216 e. The molecule has 0 aliphatic carbocycles. The summed E-state index contributed by atoms with van der Waals surface area (Å²) in [5.41, 5.74) is 10.6. The first-order valence-corrected chi connectivity index (χ1v) is 23.3. The minimum Gasteiger partial charge on any atom is -0.486 e. The molecule has 0 unspecified atom stereocenters. The molecule has 0 N–H and O–H groups in total. The number of imidazole rings is 1. The largest absolute Gasteiger partial charge is 0.486 e. The van der Waals surface area contributed by atoms with E-state index in [-0.39, 0.29) is 25.7 Å². The summed E-state index contributed by atoms with van der Waals surface area (Å²) in [4.78, 5) is 14.3. The Hall–Kier alpha value is -4.68. The number of rotatable bonds is 7. The molecule has 5 nitrogen and oxygen atoms in total. The summed E-state index contributed by atoms with van der Waals surface area (Å²) < 4.78 is 48.7. The van der Waals surface area contributed by atoms with Crippen LogP contribution in [-0.2, 0) is 26.5 Å². The molecule has 8 rings (SSSR count). The van der Waals surface area contributed by atoms with Gasteiger partial charge in [-0.2, -0.15) is 0 Å². The Balaban J connectivity index is 0.000000214. The summed E-state index contributed by atoms with van der Waals surface area (Å²) in [6, 6.07) is 36.1. The van der Waals surface area contributed by atoms with Gasteiger partial charge in [-0.3, -0.25) is 4.98 Å². The molecule has 0 amide bonds. The SMILES string of the molecule is Cc1ccc2c(n1)oc1c(-c3nc4ccccc4n3-c3c(C(C)C)cccc3C(C)C)[c-]ccc12.[2H]C([2H])([2H])c1c[c-]c(-c2cc(C([2H])([2H])C(C)(C)C)c([Si](C)(C)C)cn2)cc1.[Ir]. The first-order chi connectivity index (χ1) is 29.0. The van der Waals surface area contributed by atoms with Crippen LogP contribution in [0.25, 0.3) is 61.4 Å². The number of furan rings is 1. The van der Waals surface area contributed by atoms with Crippen molar-refractivity contribution >= 4 is 46.4 Å². The second-order valence-electron chi connectivity index (χ2n) is 17.6. The molecule has 0 spiro atoms. The zero-order chi connectivity index (χ0) is 45.1. The fraction of sp³-hybridized carbons (Fsp3) is 0.314. The van der Waals surface area contributed by atoms with Gasteiger partial charge in [-0.05, 0) is 76.8 Å². The van der Waals surface area contributed by atoms with Crippen molar-refractivity contribution < 1.29 is 31.4 Å². The first-order valence-electron chi connectivity index (χ1n) is 22.3. The molecular weight excluding hydrogens is 905 g/mol. The van der Waals surface area contributed by atoms with Crippen LogP contribution in [0, 0.1) is 31.3 Å². The average Bonchev–Trinajstić information content (AvgIpc) is 3.77. The number of pyridine rings is 2. The number of nitrogens with zero attached hydrogens (tertiary/aromatic N) is 4. The van der Waals surface area contributed by atoms with Gasteiger partial charge >= 0.3 is 0 Å². The molecular formula is C51H56IrN4OSi-2. The molecule has 0 saturated carbocycles. The van der Waals surface area contributed by atoms with Gasteiger partial charge in [0.2, 0.25) is 5.71 Å². The van der Waals surface area contributed by atoms with Gasteiger partial charge in [-0.25, -0.2) is 4.98 Å². The minimum absolute atomic E-state index is 0. The quantitative estimate of drug-likeness (QED) is 0.118. The van der Waals surface area contributed by atoms with E-state index in [1.807, 2.05) is 52.0 Å². The van der Waals surface area contributed by atoms with Gasteiger partial charge in [0.25, 0.3) is 0 Å². The summed E-state index contributed by atoms with van der Waals surface area (Å²) in [6.45, 7) is 21.1. The Morgan fingerprint density at radius 3 is 2.22 bits per heavy atom. The number of aryl methyl sites for hydroxylation is 2. The fourth-order valence-electron chi connectivity index (χ4n) is 7.36. The molecule has 0 fully saturated rings. The van der Waals surface area contributed by atoms with E-state index in [4.69, 9.17) is 16.3 Å². The van der Waals surface area contributed by atoms with Crippen LogP contribution in [0.3, 0.4) is 0 Å². The van der Waals surface area contributed by atoms with E-state index in [0.717, 1.165) is 49.7 Å². The second kappa shape index (κ2) is 16.9. The van der Waals surface area contributed by atoms with Gasteiger partial charge in [-0.15, -0.1) is 53.6 Å². The van der Waals surface area contributed by atoms with E-state index in [9.17, 15) is 0 Å². The third-order valence-electron chi connectivity index (χ3n) is 10.1. The molecule has 7 heteroatoms. The normalized spacial score (nSPS) is 13.8. The van der Waals surface area contributed by atoms with Gasteiger partial charge in [0.1, 0.15) is 0 Å². The van der Waals surface area contributed by atoms with Crippen molar-refractivity contribution in [2.75, 3.05) is 0 Å². The number of benzene rings is 4. The van der Waals surface area contributed by atoms with Crippen molar-refractivity contribution in [3.05, 3.63) is 137 Å². The Labute approximate surface area is 366 Å². The van der Waals surface area contributed by atoms with Gasteiger partial charge in [0.05, 0.1) is 30.5 Å².